The number of amides is 1. The Bertz CT molecular complexity index is 891. The van der Waals surface area contributed by atoms with Gasteiger partial charge in [-0.15, -0.1) is 0 Å². The molecule has 0 bridgehead atoms. The largest absolute Gasteiger partial charge is 0.452 e. The Morgan fingerprint density at radius 3 is 2.43 bits per heavy atom. The molecule has 0 aliphatic carbocycles. The number of nitrogens with zero attached hydrogens (tertiary/aromatic N) is 2. The summed E-state index contributed by atoms with van der Waals surface area (Å²) in [5, 5.41) is 0. The van der Waals surface area contributed by atoms with Crippen LogP contribution in [-0.2, 0) is 24.3 Å². The molecule has 166 valence electrons. The first-order valence-corrected chi connectivity index (χ1v) is 12.3. The summed E-state index contributed by atoms with van der Waals surface area (Å²) in [6.07, 6.45) is 2.93. The van der Waals surface area contributed by atoms with Crippen LogP contribution in [-0.4, -0.2) is 74.5 Å². The third kappa shape index (κ3) is 5.04. The first-order chi connectivity index (χ1) is 14.2. The molecule has 30 heavy (non-hydrogen) atoms. The van der Waals surface area contributed by atoms with Gasteiger partial charge in [0.05, 0.1) is 23.7 Å². The number of likely N-dealkylation sites (tertiary alicyclic amines) is 1. The lowest BCUT2D eigenvalue weighted by molar-refractivity contribution is -0.140. The van der Waals surface area contributed by atoms with E-state index in [1.807, 2.05) is 13.8 Å². The number of carbonyl (C=O) groups is 2. The quantitative estimate of drug-likeness (QED) is 0.574. The van der Waals surface area contributed by atoms with Crippen LogP contribution in [0.3, 0.4) is 0 Å². The molecule has 2 saturated heterocycles. The molecule has 2 heterocycles. The van der Waals surface area contributed by atoms with E-state index in [0.29, 0.717) is 17.7 Å². The zero-order valence-electron chi connectivity index (χ0n) is 17.2. The fraction of sp³-hybridized carbons (Fsp3) is 0.600. The Morgan fingerprint density at radius 1 is 1.17 bits per heavy atom. The second kappa shape index (κ2) is 9.76. The van der Waals surface area contributed by atoms with Gasteiger partial charge in [-0.1, -0.05) is 0 Å². The molecular weight excluding hydrogens is 476 g/mol. The van der Waals surface area contributed by atoms with E-state index in [1.54, 1.807) is 4.90 Å². The molecule has 0 aromatic heterocycles. The number of morpholine rings is 1. The minimum absolute atomic E-state index is 0.0107. The van der Waals surface area contributed by atoms with Crippen molar-refractivity contribution in [3.05, 3.63) is 28.2 Å². The van der Waals surface area contributed by atoms with Crippen LogP contribution in [0.25, 0.3) is 0 Å². The van der Waals surface area contributed by atoms with Crippen LogP contribution in [0.5, 0.6) is 0 Å². The molecule has 1 aromatic carbocycles. The second-order valence-corrected chi connectivity index (χ2v) is 10.4. The van der Waals surface area contributed by atoms with Crippen LogP contribution in [0, 0.1) is 0 Å². The van der Waals surface area contributed by atoms with Crippen molar-refractivity contribution in [3.8, 4) is 0 Å². The standard InChI is InChI=1S/C20H27BrN2O6S/c1-14-4-3-5-15(2)23(14)19(24)13-29-20(25)16-6-7-17(21)18(12-16)30(26,27)22-8-10-28-11-9-22/h6-7,12,14-15H,3-5,8-11,13H2,1-2H3/t14-,15-/m1/s1. The molecule has 1 aromatic rings. The fourth-order valence-electron chi connectivity index (χ4n) is 3.95. The van der Waals surface area contributed by atoms with Gasteiger partial charge in [0.15, 0.2) is 6.61 Å². The van der Waals surface area contributed by atoms with E-state index in [9.17, 15) is 18.0 Å². The summed E-state index contributed by atoms with van der Waals surface area (Å²) >= 11 is 3.26. The summed E-state index contributed by atoms with van der Waals surface area (Å²) in [5.74, 6) is -0.965. The number of ether oxygens (including phenoxy) is 2. The maximum absolute atomic E-state index is 13.0. The number of rotatable bonds is 5. The molecule has 8 nitrogen and oxygen atoms in total. The zero-order valence-corrected chi connectivity index (χ0v) is 19.6. The molecular formula is C20H27BrN2O6S. The summed E-state index contributed by atoms with van der Waals surface area (Å²) in [5.41, 5.74) is 0.0811. The van der Waals surface area contributed by atoms with Crippen molar-refractivity contribution in [3.63, 3.8) is 0 Å². The summed E-state index contributed by atoms with van der Waals surface area (Å²) in [7, 11) is -3.79. The van der Waals surface area contributed by atoms with Crippen LogP contribution < -0.4 is 0 Å². The highest BCUT2D eigenvalue weighted by Gasteiger charge is 2.31. The lowest BCUT2D eigenvalue weighted by Gasteiger charge is -2.38. The number of halogens is 1. The maximum Gasteiger partial charge on any atom is 0.338 e. The lowest BCUT2D eigenvalue weighted by Crippen LogP contribution is -2.49. The van der Waals surface area contributed by atoms with Gasteiger partial charge in [0.2, 0.25) is 10.0 Å². The first kappa shape index (κ1) is 23.2. The number of hydrogen-bond acceptors (Lipinski definition) is 6. The molecule has 1 amide bonds. The van der Waals surface area contributed by atoms with Gasteiger partial charge < -0.3 is 14.4 Å². The van der Waals surface area contributed by atoms with Crippen LogP contribution in [0.15, 0.2) is 27.6 Å². The van der Waals surface area contributed by atoms with Crippen molar-refractivity contribution < 1.29 is 27.5 Å². The number of hydrogen-bond donors (Lipinski definition) is 0. The molecule has 0 unspecified atom stereocenters. The first-order valence-electron chi connectivity index (χ1n) is 10.1. The Kier molecular flexibility index (Phi) is 7.54. The SMILES string of the molecule is C[C@@H]1CCC[C@@H](C)N1C(=O)COC(=O)c1ccc(Br)c(S(=O)(=O)N2CCOCC2)c1. The smallest absolute Gasteiger partial charge is 0.338 e. The van der Waals surface area contributed by atoms with Gasteiger partial charge in [0.1, 0.15) is 0 Å². The Labute approximate surface area is 185 Å². The van der Waals surface area contributed by atoms with Gasteiger partial charge in [0, 0.05) is 29.6 Å². The number of benzene rings is 1. The molecule has 3 rings (SSSR count). The molecule has 2 aliphatic rings. The van der Waals surface area contributed by atoms with Gasteiger partial charge in [-0.05, 0) is 67.2 Å². The average Bonchev–Trinajstić information content (AvgIpc) is 2.72. The van der Waals surface area contributed by atoms with Crippen LogP contribution in [0.1, 0.15) is 43.5 Å². The van der Waals surface area contributed by atoms with Crippen LogP contribution in [0.2, 0.25) is 0 Å². The number of esters is 1. The van der Waals surface area contributed by atoms with Crippen molar-refractivity contribution in [2.45, 2.75) is 50.1 Å². The van der Waals surface area contributed by atoms with Gasteiger partial charge in [-0.2, -0.15) is 4.31 Å². The van der Waals surface area contributed by atoms with Gasteiger partial charge >= 0.3 is 5.97 Å². The minimum Gasteiger partial charge on any atom is -0.452 e. The van der Waals surface area contributed by atoms with E-state index >= 15 is 0 Å². The van der Waals surface area contributed by atoms with Crippen molar-refractivity contribution in [1.29, 1.82) is 0 Å². The highest BCUT2D eigenvalue weighted by atomic mass is 79.9. The molecule has 10 heteroatoms. The van der Waals surface area contributed by atoms with Gasteiger partial charge in [-0.25, -0.2) is 13.2 Å². The summed E-state index contributed by atoms with van der Waals surface area (Å²) < 4.78 is 38.0. The summed E-state index contributed by atoms with van der Waals surface area (Å²) in [6, 6.07) is 4.48. The number of carbonyl (C=O) groups excluding carboxylic acids is 2. The highest BCUT2D eigenvalue weighted by molar-refractivity contribution is 9.10. The Hall–Kier alpha value is -1.49. The van der Waals surface area contributed by atoms with E-state index in [-0.39, 0.29) is 48.1 Å². The molecule has 0 saturated carbocycles. The second-order valence-electron chi connectivity index (χ2n) is 7.67. The fourth-order valence-corrected chi connectivity index (χ4v) is 6.31. The summed E-state index contributed by atoms with van der Waals surface area (Å²) in [6.45, 7) is 4.78. The lowest BCUT2D eigenvalue weighted by atomic mass is 9.97. The molecule has 0 N–H and O–H groups in total. The van der Waals surface area contributed by atoms with E-state index in [4.69, 9.17) is 9.47 Å². The third-order valence-electron chi connectivity index (χ3n) is 5.56. The van der Waals surface area contributed by atoms with E-state index < -0.39 is 16.0 Å². The predicted molar refractivity (Wildman–Crippen MR) is 114 cm³/mol. The van der Waals surface area contributed by atoms with Crippen molar-refractivity contribution in [2.24, 2.45) is 0 Å². The Balaban J connectivity index is 1.71. The predicted octanol–water partition coefficient (Wildman–Crippen LogP) is 2.42. The monoisotopic (exact) mass is 502 g/mol. The van der Waals surface area contributed by atoms with Crippen molar-refractivity contribution in [2.75, 3.05) is 32.9 Å². The van der Waals surface area contributed by atoms with E-state index in [1.165, 1.54) is 22.5 Å². The topological polar surface area (TPSA) is 93.2 Å². The summed E-state index contributed by atoms with van der Waals surface area (Å²) in [4.78, 5) is 26.9. The van der Waals surface area contributed by atoms with Crippen LogP contribution >= 0.6 is 15.9 Å². The van der Waals surface area contributed by atoms with Crippen molar-refractivity contribution in [1.82, 2.24) is 9.21 Å². The average molecular weight is 503 g/mol. The molecule has 0 radical (unpaired) electrons. The highest BCUT2D eigenvalue weighted by Crippen LogP contribution is 2.27. The van der Waals surface area contributed by atoms with Gasteiger partial charge in [0.25, 0.3) is 5.91 Å². The minimum atomic E-state index is -3.79. The van der Waals surface area contributed by atoms with Crippen molar-refractivity contribution >= 4 is 37.8 Å². The Morgan fingerprint density at radius 2 is 1.80 bits per heavy atom. The zero-order chi connectivity index (χ0) is 21.9. The van der Waals surface area contributed by atoms with E-state index in [0.717, 1.165) is 19.3 Å². The molecule has 2 aliphatic heterocycles. The molecule has 0 spiro atoms. The van der Waals surface area contributed by atoms with Crippen LogP contribution in [0.4, 0.5) is 0 Å². The van der Waals surface area contributed by atoms with E-state index in [2.05, 4.69) is 15.9 Å². The third-order valence-corrected chi connectivity index (χ3v) is 8.46. The molecule has 2 fully saturated rings. The number of piperidine rings is 1. The number of sulfonamides is 1. The molecule has 2 atom stereocenters. The van der Waals surface area contributed by atoms with Gasteiger partial charge in [-0.3, -0.25) is 4.79 Å². The maximum atomic E-state index is 13.0. The normalized spacial score (nSPS) is 23.2.